The van der Waals surface area contributed by atoms with E-state index in [0.717, 1.165) is 5.69 Å². The first-order chi connectivity index (χ1) is 9.30. The summed E-state index contributed by atoms with van der Waals surface area (Å²) in [7, 11) is 0. The van der Waals surface area contributed by atoms with Crippen LogP contribution in [0.25, 0.3) is 0 Å². The van der Waals surface area contributed by atoms with Crippen molar-refractivity contribution in [2.45, 2.75) is 45.3 Å². The lowest BCUT2D eigenvalue weighted by molar-refractivity contribution is 0.0635. The molecule has 1 atom stereocenters. The zero-order valence-corrected chi connectivity index (χ0v) is 12.1. The van der Waals surface area contributed by atoms with Gasteiger partial charge in [0.1, 0.15) is 11.4 Å². The van der Waals surface area contributed by atoms with E-state index in [9.17, 15) is 9.90 Å². The fourth-order valence-electron chi connectivity index (χ4n) is 1.50. The first-order valence-corrected chi connectivity index (χ1v) is 6.55. The van der Waals surface area contributed by atoms with Gasteiger partial charge in [-0.1, -0.05) is 6.07 Å². The number of amides is 1. The van der Waals surface area contributed by atoms with Crippen molar-refractivity contribution in [1.82, 2.24) is 4.98 Å². The predicted octanol–water partition coefficient (Wildman–Crippen LogP) is 1.71. The number of carbonyl (C=O) groups is 1. The van der Waals surface area contributed by atoms with E-state index in [0.29, 0.717) is 18.7 Å². The number of aliphatic hydroxyl groups is 2. The molecule has 0 radical (unpaired) electrons. The third-order valence-electron chi connectivity index (χ3n) is 2.38. The van der Waals surface area contributed by atoms with E-state index in [1.807, 2.05) is 0 Å². The Morgan fingerprint density at radius 1 is 1.45 bits per heavy atom. The normalized spacial score (nSPS) is 12.8. The number of ether oxygens (including phenoxy) is 1. The Bertz CT molecular complexity index is 443. The fraction of sp³-hybridized carbons (Fsp3) is 0.571. The molecule has 0 aliphatic carbocycles. The first-order valence-electron chi connectivity index (χ1n) is 6.55. The Balaban J connectivity index is 2.57. The van der Waals surface area contributed by atoms with E-state index in [2.05, 4.69) is 10.3 Å². The van der Waals surface area contributed by atoms with Crippen molar-refractivity contribution >= 4 is 11.9 Å². The number of anilines is 1. The number of hydrogen-bond donors (Lipinski definition) is 3. The first kappa shape index (κ1) is 16.4. The maximum absolute atomic E-state index is 11.6. The molecule has 0 saturated heterocycles. The highest BCUT2D eigenvalue weighted by atomic mass is 16.6. The highest BCUT2D eigenvalue weighted by Gasteiger charge is 2.16. The summed E-state index contributed by atoms with van der Waals surface area (Å²) in [4.78, 5) is 15.8. The molecule has 3 N–H and O–H groups in total. The van der Waals surface area contributed by atoms with Crippen LogP contribution in [-0.4, -0.2) is 39.6 Å². The molecule has 0 fully saturated rings. The van der Waals surface area contributed by atoms with Gasteiger partial charge in [0.05, 0.1) is 12.7 Å². The molecule has 112 valence electrons. The number of rotatable bonds is 5. The molecule has 1 rings (SSSR count). The number of aliphatic hydroxyl groups excluding tert-OH is 2. The molecular weight excluding hydrogens is 260 g/mol. The topological polar surface area (TPSA) is 91.7 Å². The van der Waals surface area contributed by atoms with Gasteiger partial charge in [0.15, 0.2) is 0 Å². The van der Waals surface area contributed by atoms with Crippen molar-refractivity contribution in [2.24, 2.45) is 0 Å². The monoisotopic (exact) mass is 282 g/mol. The molecule has 1 unspecified atom stereocenters. The van der Waals surface area contributed by atoms with Crippen LogP contribution in [0.2, 0.25) is 0 Å². The van der Waals surface area contributed by atoms with Crippen molar-refractivity contribution in [3.63, 3.8) is 0 Å². The smallest absolute Gasteiger partial charge is 0.413 e. The SMILES string of the molecule is CC(C)(C)OC(=O)Nc1cccc(CCC(O)CO)n1. The molecular formula is C14H22N2O4. The van der Waals surface area contributed by atoms with Gasteiger partial charge in [-0.3, -0.25) is 5.32 Å². The molecule has 0 saturated carbocycles. The minimum Gasteiger partial charge on any atom is -0.444 e. The average molecular weight is 282 g/mol. The summed E-state index contributed by atoms with van der Waals surface area (Å²) in [5.74, 6) is 0.398. The summed E-state index contributed by atoms with van der Waals surface area (Å²) < 4.78 is 5.13. The summed E-state index contributed by atoms with van der Waals surface area (Å²) in [6.45, 7) is 5.09. The van der Waals surface area contributed by atoms with Crippen LogP contribution in [-0.2, 0) is 11.2 Å². The third kappa shape index (κ3) is 6.49. The van der Waals surface area contributed by atoms with E-state index >= 15 is 0 Å². The highest BCUT2D eigenvalue weighted by molar-refractivity contribution is 5.83. The second kappa shape index (κ2) is 7.21. The molecule has 0 aromatic carbocycles. The van der Waals surface area contributed by atoms with Gasteiger partial charge in [-0.2, -0.15) is 0 Å². The van der Waals surface area contributed by atoms with Crippen LogP contribution in [0.1, 0.15) is 32.9 Å². The lowest BCUT2D eigenvalue weighted by atomic mass is 10.1. The lowest BCUT2D eigenvalue weighted by Gasteiger charge is -2.19. The molecule has 6 heteroatoms. The average Bonchev–Trinajstić information content (AvgIpc) is 2.34. The van der Waals surface area contributed by atoms with Crippen LogP contribution in [0.5, 0.6) is 0 Å². The van der Waals surface area contributed by atoms with Gasteiger partial charge in [-0.05, 0) is 45.7 Å². The van der Waals surface area contributed by atoms with Gasteiger partial charge in [-0.15, -0.1) is 0 Å². The van der Waals surface area contributed by atoms with E-state index < -0.39 is 17.8 Å². The molecule has 1 aromatic heterocycles. The molecule has 0 aliphatic rings. The van der Waals surface area contributed by atoms with Crippen LogP contribution in [0.15, 0.2) is 18.2 Å². The standard InChI is InChI=1S/C14H22N2O4/c1-14(2,3)20-13(19)16-12-6-4-5-10(15-12)7-8-11(18)9-17/h4-6,11,17-18H,7-9H2,1-3H3,(H,15,16,19). The Morgan fingerprint density at radius 3 is 2.75 bits per heavy atom. The Hall–Kier alpha value is -1.66. The van der Waals surface area contributed by atoms with Gasteiger partial charge in [-0.25, -0.2) is 9.78 Å². The number of aromatic nitrogens is 1. The van der Waals surface area contributed by atoms with Gasteiger partial charge < -0.3 is 14.9 Å². The maximum atomic E-state index is 11.6. The number of aryl methyl sites for hydroxylation is 1. The summed E-state index contributed by atoms with van der Waals surface area (Å²) in [5, 5.41) is 20.6. The number of hydrogen-bond acceptors (Lipinski definition) is 5. The predicted molar refractivity (Wildman–Crippen MR) is 75.5 cm³/mol. The largest absolute Gasteiger partial charge is 0.444 e. The quantitative estimate of drug-likeness (QED) is 0.764. The fourth-order valence-corrected chi connectivity index (χ4v) is 1.50. The van der Waals surface area contributed by atoms with Crippen LogP contribution < -0.4 is 5.32 Å². The Labute approximate surface area is 118 Å². The second-order valence-corrected chi connectivity index (χ2v) is 5.52. The maximum Gasteiger partial charge on any atom is 0.413 e. The molecule has 1 aromatic rings. The molecule has 0 bridgehead atoms. The Morgan fingerprint density at radius 2 is 2.15 bits per heavy atom. The number of nitrogens with zero attached hydrogens (tertiary/aromatic N) is 1. The molecule has 1 amide bonds. The summed E-state index contributed by atoms with van der Waals surface area (Å²) in [5.41, 5.74) is 0.165. The zero-order chi connectivity index (χ0) is 15.2. The van der Waals surface area contributed by atoms with Crippen molar-refractivity contribution in [3.8, 4) is 0 Å². The second-order valence-electron chi connectivity index (χ2n) is 5.52. The van der Waals surface area contributed by atoms with Gasteiger partial charge >= 0.3 is 6.09 Å². The van der Waals surface area contributed by atoms with Crippen molar-refractivity contribution < 1.29 is 19.7 Å². The van der Waals surface area contributed by atoms with Crippen LogP contribution in [0.4, 0.5) is 10.6 Å². The summed E-state index contributed by atoms with van der Waals surface area (Å²) >= 11 is 0. The highest BCUT2D eigenvalue weighted by Crippen LogP contribution is 2.11. The minimum absolute atomic E-state index is 0.268. The Kier molecular flexibility index (Phi) is 5.91. The van der Waals surface area contributed by atoms with Crippen molar-refractivity contribution in [2.75, 3.05) is 11.9 Å². The number of nitrogens with one attached hydrogen (secondary N) is 1. The van der Waals surface area contributed by atoms with Crippen LogP contribution >= 0.6 is 0 Å². The lowest BCUT2D eigenvalue weighted by Crippen LogP contribution is -2.27. The van der Waals surface area contributed by atoms with Gasteiger partial charge in [0.25, 0.3) is 0 Å². The molecule has 6 nitrogen and oxygen atoms in total. The van der Waals surface area contributed by atoms with Crippen molar-refractivity contribution in [1.29, 1.82) is 0 Å². The third-order valence-corrected chi connectivity index (χ3v) is 2.38. The van der Waals surface area contributed by atoms with Crippen LogP contribution in [0, 0.1) is 0 Å². The number of pyridine rings is 1. The molecule has 1 heterocycles. The van der Waals surface area contributed by atoms with Gasteiger partial charge in [0.2, 0.25) is 0 Å². The summed E-state index contributed by atoms with van der Waals surface area (Å²) in [6, 6.07) is 5.22. The van der Waals surface area contributed by atoms with Crippen molar-refractivity contribution in [3.05, 3.63) is 23.9 Å². The van der Waals surface area contributed by atoms with E-state index in [4.69, 9.17) is 9.84 Å². The summed E-state index contributed by atoms with van der Waals surface area (Å²) in [6.07, 6.45) is -0.373. The van der Waals surface area contributed by atoms with Crippen LogP contribution in [0.3, 0.4) is 0 Å². The molecule has 0 aliphatic heterocycles. The zero-order valence-electron chi connectivity index (χ0n) is 12.1. The minimum atomic E-state index is -0.751. The number of carbonyl (C=O) groups excluding carboxylic acids is 1. The van der Waals surface area contributed by atoms with E-state index in [-0.39, 0.29) is 6.61 Å². The molecule has 0 spiro atoms. The van der Waals surface area contributed by atoms with E-state index in [1.54, 1.807) is 39.0 Å². The van der Waals surface area contributed by atoms with Gasteiger partial charge in [0, 0.05) is 5.69 Å². The van der Waals surface area contributed by atoms with E-state index in [1.165, 1.54) is 0 Å². The molecule has 20 heavy (non-hydrogen) atoms.